The van der Waals surface area contributed by atoms with Crippen molar-refractivity contribution in [2.24, 2.45) is 0 Å². The SMILES string of the molecule is O=C(CSc1ccccc1)NC1CCCCC1Cl. The highest BCUT2D eigenvalue weighted by Gasteiger charge is 2.24. The number of benzene rings is 1. The van der Waals surface area contributed by atoms with Crippen LogP contribution in [0.1, 0.15) is 25.7 Å². The van der Waals surface area contributed by atoms with Crippen LogP contribution in [0, 0.1) is 0 Å². The zero-order valence-electron chi connectivity index (χ0n) is 10.3. The van der Waals surface area contributed by atoms with Crippen molar-refractivity contribution in [2.75, 3.05) is 5.75 Å². The Labute approximate surface area is 117 Å². The van der Waals surface area contributed by atoms with Crippen molar-refractivity contribution in [2.45, 2.75) is 42.0 Å². The molecule has 0 radical (unpaired) electrons. The maximum atomic E-state index is 11.8. The Morgan fingerprint density at radius 1 is 1.28 bits per heavy atom. The molecule has 1 aromatic carbocycles. The maximum Gasteiger partial charge on any atom is 0.230 e. The van der Waals surface area contributed by atoms with Crippen LogP contribution >= 0.6 is 23.4 Å². The lowest BCUT2D eigenvalue weighted by molar-refractivity contribution is -0.119. The summed E-state index contributed by atoms with van der Waals surface area (Å²) in [6.45, 7) is 0. The van der Waals surface area contributed by atoms with Crippen LogP contribution in [0.3, 0.4) is 0 Å². The van der Waals surface area contributed by atoms with Crippen LogP contribution in [-0.2, 0) is 4.79 Å². The van der Waals surface area contributed by atoms with Gasteiger partial charge in [-0.3, -0.25) is 4.79 Å². The second-order valence-corrected chi connectivity index (χ2v) is 6.19. The standard InChI is InChI=1S/C14H18ClNOS/c15-12-8-4-5-9-13(12)16-14(17)10-18-11-6-2-1-3-7-11/h1-3,6-7,12-13H,4-5,8-10H2,(H,16,17). The molecule has 0 aromatic heterocycles. The van der Waals surface area contributed by atoms with Crippen molar-refractivity contribution in [1.29, 1.82) is 0 Å². The van der Waals surface area contributed by atoms with Crippen LogP contribution in [0.15, 0.2) is 35.2 Å². The molecule has 2 rings (SSSR count). The molecule has 98 valence electrons. The second-order valence-electron chi connectivity index (χ2n) is 4.58. The summed E-state index contributed by atoms with van der Waals surface area (Å²) >= 11 is 7.79. The van der Waals surface area contributed by atoms with Gasteiger partial charge < -0.3 is 5.32 Å². The van der Waals surface area contributed by atoms with E-state index in [1.165, 1.54) is 12.8 Å². The van der Waals surface area contributed by atoms with Crippen molar-refractivity contribution in [3.8, 4) is 0 Å². The Hall–Kier alpha value is -0.670. The molecule has 1 aromatic rings. The molecule has 2 atom stereocenters. The van der Waals surface area contributed by atoms with Crippen LogP contribution in [0.2, 0.25) is 0 Å². The summed E-state index contributed by atoms with van der Waals surface area (Å²) < 4.78 is 0. The van der Waals surface area contributed by atoms with Gasteiger partial charge in [0, 0.05) is 10.9 Å². The van der Waals surface area contributed by atoms with Gasteiger partial charge in [0.1, 0.15) is 0 Å². The zero-order chi connectivity index (χ0) is 12.8. The number of hydrogen-bond acceptors (Lipinski definition) is 2. The lowest BCUT2D eigenvalue weighted by Gasteiger charge is -2.27. The minimum Gasteiger partial charge on any atom is -0.351 e. The fourth-order valence-corrected chi connectivity index (χ4v) is 3.24. The average molecular weight is 284 g/mol. The molecule has 1 aliphatic rings. The Morgan fingerprint density at radius 2 is 2.00 bits per heavy atom. The van der Waals surface area contributed by atoms with Gasteiger partial charge in [0.15, 0.2) is 0 Å². The van der Waals surface area contributed by atoms with E-state index < -0.39 is 0 Å². The summed E-state index contributed by atoms with van der Waals surface area (Å²) in [5.41, 5.74) is 0. The Kier molecular flexibility index (Phi) is 5.39. The molecule has 0 bridgehead atoms. The van der Waals surface area contributed by atoms with E-state index in [1.807, 2.05) is 30.3 Å². The number of nitrogens with one attached hydrogen (secondary N) is 1. The fourth-order valence-electron chi connectivity index (χ4n) is 2.16. The molecule has 4 heteroatoms. The summed E-state index contributed by atoms with van der Waals surface area (Å²) in [5.74, 6) is 0.547. The minimum atomic E-state index is 0.0846. The third-order valence-corrected chi connectivity index (χ3v) is 4.68. The number of alkyl halides is 1. The fraction of sp³-hybridized carbons (Fsp3) is 0.500. The molecule has 1 aliphatic carbocycles. The number of hydrogen-bond donors (Lipinski definition) is 1. The zero-order valence-corrected chi connectivity index (χ0v) is 11.8. The van der Waals surface area contributed by atoms with E-state index in [9.17, 15) is 4.79 Å². The van der Waals surface area contributed by atoms with Crippen molar-refractivity contribution < 1.29 is 4.79 Å². The number of thioether (sulfide) groups is 1. The molecule has 0 saturated heterocycles. The van der Waals surface area contributed by atoms with Gasteiger partial charge in [-0.1, -0.05) is 31.0 Å². The first-order chi connectivity index (χ1) is 8.75. The molecule has 2 unspecified atom stereocenters. The molecule has 2 nitrogen and oxygen atoms in total. The van der Waals surface area contributed by atoms with E-state index in [0.717, 1.165) is 17.7 Å². The van der Waals surface area contributed by atoms with E-state index in [-0.39, 0.29) is 17.3 Å². The van der Waals surface area contributed by atoms with Crippen molar-refractivity contribution >= 4 is 29.3 Å². The highest BCUT2D eigenvalue weighted by atomic mass is 35.5. The molecule has 18 heavy (non-hydrogen) atoms. The normalized spacial score (nSPS) is 23.6. The largest absolute Gasteiger partial charge is 0.351 e. The first-order valence-electron chi connectivity index (χ1n) is 6.37. The van der Waals surface area contributed by atoms with Crippen molar-refractivity contribution in [1.82, 2.24) is 5.32 Å². The molecular weight excluding hydrogens is 266 g/mol. The predicted octanol–water partition coefficient (Wildman–Crippen LogP) is 3.44. The lowest BCUT2D eigenvalue weighted by Crippen LogP contribution is -2.43. The van der Waals surface area contributed by atoms with Crippen molar-refractivity contribution in [3.05, 3.63) is 30.3 Å². The molecule has 1 N–H and O–H groups in total. The van der Waals surface area contributed by atoms with Crippen LogP contribution in [-0.4, -0.2) is 23.1 Å². The van der Waals surface area contributed by atoms with E-state index in [0.29, 0.717) is 5.75 Å². The number of halogens is 1. The van der Waals surface area contributed by atoms with E-state index >= 15 is 0 Å². The van der Waals surface area contributed by atoms with Crippen LogP contribution in [0.4, 0.5) is 0 Å². The van der Waals surface area contributed by atoms with Gasteiger partial charge in [-0.05, 0) is 25.0 Å². The van der Waals surface area contributed by atoms with Gasteiger partial charge in [-0.2, -0.15) is 0 Å². The number of amides is 1. The van der Waals surface area contributed by atoms with Gasteiger partial charge in [-0.25, -0.2) is 0 Å². The van der Waals surface area contributed by atoms with Gasteiger partial charge in [-0.15, -0.1) is 23.4 Å². The lowest BCUT2D eigenvalue weighted by atomic mass is 9.95. The van der Waals surface area contributed by atoms with E-state index in [4.69, 9.17) is 11.6 Å². The molecule has 1 saturated carbocycles. The third-order valence-electron chi connectivity index (χ3n) is 3.14. The molecule has 0 aliphatic heterocycles. The summed E-state index contributed by atoms with van der Waals surface area (Å²) in [7, 11) is 0. The molecular formula is C14H18ClNOS. The highest BCUT2D eigenvalue weighted by Crippen LogP contribution is 2.23. The second kappa shape index (κ2) is 7.05. The molecule has 1 fully saturated rings. The number of rotatable bonds is 4. The first kappa shape index (κ1) is 13.8. The van der Waals surface area contributed by atoms with Gasteiger partial charge >= 0.3 is 0 Å². The minimum absolute atomic E-state index is 0.0846. The van der Waals surface area contributed by atoms with Crippen molar-refractivity contribution in [3.63, 3.8) is 0 Å². The quantitative estimate of drug-likeness (QED) is 0.677. The Bertz CT molecular complexity index is 385. The van der Waals surface area contributed by atoms with E-state index in [2.05, 4.69) is 5.32 Å². The smallest absolute Gasteiger partial charge is 0.230 e. The highest BCUT2D eigenvalue weighted by molar-refractivity contribution is 8.00. The Balaban J connectivity index is 1.75. The Morgan fingerprint density at radius 3 is 2.72 bits per heavy atom. The van der Waals surface area contributed by atoms with Crippen LogP contribution in [0.5, 0.6) is 0 Å². The first-order valence-corrected chi connectivity index (χ1v) is 7.79. The summed E-state index contributed by atoms with van der Waals surface area (Å²) in [4.78, 5) is 13.0. The van der Waals surface area contributed by atoms with E-state index in [1.54, 1.807) is 11.8 Å². The summed E-state index contributed by atoms with van der Waals surface area (Å²) in [6.07, 6.45) is 4.37. The van der Waals surface area contributed by atoms with Gasteiger partial charge in [0.05, 0.1) is 11.1 Å². The maximum absolute atomic E-state index is 11.8. The van der Waals surface area contributed by atoms with Crippen LogP contribution < -0.4 is 5.32 Å². The topological polar surface area (TPSA) is 29.1 Å². The number of carbonyl (C=O) groups excluding carboxylic acids is 1. The monoisotopic (exact) mass is 283 g/mol. The molecule has 0 heterocycles. The van der Waals surface area contributed by atoms with Crippen LogP contribution in [0.25, 0.3) is 0 Å². The number of carbonyl (C=O) groups is 1. The third kappa shape index (κ3) is 4.21. The molecule has 0 spiro atoms. The summed E-state index contributed by atoms with van der Waals surface area (Å²) in [5, 5.41) is 3.15. The van der Waals surface area contributed by atoms with Gasteiger partial charge in [0.2, 0.25) is 5.91 Å². The average Bonchev–Trinajstić information content (AvgIpc) is 2.40. The van der Waals surface area contributed by atoms with Gasteiger partial charge in [0.25, 0.3) is 0 Å². The molecule has 1 amide bonds. The predicted molar refractivity (Wildman–Crippen MR) is 77.2 cm³/mol. The summed E-state index contributed by atoms with van der Waals surface area (Å²) in [6, 6.07) is 10.1.